The number of alkyl halides is 3. The highest BCUT2D eigenvalue weighted by atomic mass is 35.5. The van der Waals surface area contributed by atoms with Gasteiger partial charge in [-0.1, -0.05) is 11.6 Å². The Morgan fingerprint density at radius 2 is 2.13 bits per heavy atom. The monoisotopic (exact) mass is 455 g/mol. The number of halogens is 4. The smallest absolute Gasteiger partial charge is 0.410 e. The summed E-state index contributed by atoms with van der Waals surface area (Å²) in [5, 5.41) is 6.22. The van der Waals surface area contributed by atoms with Crippen molar-refractivity contribution in [2.75, 3.05) is 11.4 Å². The van der Waals surface area contributed by atoms with E-state index in [9.17, 15) is 18.0 Å². The van der Waals surface area contributed by atoms with Crippen LogP contribution in [0.3, 0.4) is 0 Å². The number of thiophene rings is 1. The van der Waals surface area contributed by atoms with Crippen molar-refractivity contribution in [3.63, 3.8) is 0 Å². The molecule has 1 amide bonds. The van der Waals surface area contributed by atoms with Crippen LogP contribution in [0.4, 0.5) is 19.0 Å². The molecule has 5 nitrogen and oxygen atoms in total. The summed E-state index contributed by atoms with van der Waals surface area (Å²) in [6.07, 6.45) is -3.37. The van der Waals surface area contributed by atoms with E-state index in [2.05, 4.69) is 5.10 Å². The molecule has 30 heavy (non-hydrogen) atoms. The van der Waals surface area contributed by atoms with Crippen LogP contribution in [0, 0.1) is 6.92 Å². The molecule has 1 aliphatic rings. The summed E-state index contributed by atoms with van der Waals surface area (Å²) in [5.74, 6) is 0.490. The molecule has 0 spiro atoms. The standard InChI is InChI=1S/C20H17ClF3N3O2S/c1-12-8-14(21)2-3-15(12)29-10-13-9-16(30-11-13)19(28)26-7-5-17(20(22,23)24)27-18(26)4-6-25-27/h2-4,6,8-9,11,17H,5,7,10H2,1H3. The molecule has 0 bridgehead atoms. The van der Waals surface area contributed by atoms with Crippen molar-refractivity contribution in [1.29, 1.82) is 0 Å². The zero-order chi connectivity index (χ0) is 21.5. The number of benzene rings is 1. The van der Waals surface area contributed by atoms with Gasteiger partial charge in [0.25, 0.3) is 5.91 Å². The number of carbonyl (C=O) groups is 1. The van der Waals surface area contributed by atoms with Crippen LogP contribution in [0.1, 0.15) is 33.3 Å². The fourth-order valence-electron chi connectivity index (χ4n) is 3.39. The van der Waals surface area contributed by atoms with Crippen LogP contribution in [0.2, 0.25) is 5.02 Å². The molecule has 10 heteroatoms. The molecular weight excluding hydrogens is 439 g/mol. The lowest BCUT2D eigenvalue weighted by Gasteiger charge is -2.33. The predicted molar refractivity (Wildman–Crippen MR) is 108 cm³/mol. The van der Waals surface area contributed by atoms with E-state index in [-0.39, 0.29) is 31.3 Å². The molecule has 0 radical (unpaired) electrons. The Kier molecular flexibility index (Phi) is 5.50. The number of amides is 1. The molecule has 2 aromatic heterocycles. The molecule has 1 aromatic carbocycles. The second kappa shape index (κ2) is 7.96. The van der Waals surface area contributed by atoms with Crippen LogP contribution < -0.4 is 9.64 Å². The number of hydrogen-bond donors (Lipinski definition) is 0. The Bertz CT molecular complexity index is 1080. The second-order valence-corrected chi connectivity index (χ2v) is 8.30. The SMILES string of the molecule is Cc1cc(Cl)ccc1OCc1csc(C(=O)N2CCC(C(F)(F)F)n3nccc32)c1. The Balaban J connectivity index is 1.48. The van der Waals surface area contributed by atoms with E-state index in [0.29, 0.717) is 15.6 Å². The Morgan fingerprint density at radius 1 is 1.33 bits per heavy atom. The van der Waals surface area contributed by atoms with Gasteiger partial charge in [0, 0.05) is 23.2 Å². The number of carbonyl (C=O) groups excluding carboxylic acids is 1. The van der Waals surface area contributed by atoms with Gasteiger partial charge in [0.2, 0.25) is 0 Å². The third-order valence-electron chi connectivity index (χ3n) is 4.87. The van der Waals surface area contributed by atoms with Gasteiger partial charge in [-0.3, -0.25) is 9.69 Å². The lowest BCUT2D eigenvalue weighted by Crippen LogP contribution is -2.42. The van der Waals surface area contributed by atoms with Gasteiger partial charge in [-0.25, -0.2) is 4.68 Å². The van der Waals surface area contributed by atoms with Gasteiger partial charge in [0.05, 0.1) is 11.1 Å². The van der Waals surface area contributed by atoms with Crippen LogP contribution in [0.25, 0.3) is 0 Å². The Hall–Kier alpha value is -2.52. The van der Waals surface area contributed by atoms with E-state index >= 15 is 0 Å². The maximum Gasteiger partial charge on any atom is 0.410 e. The van der Waals surface area contributed by atoms with E-state index in [0.717, 1.165) is 15.8 Å². The number of nitrogens with zero attached hydrogens (tertiary/aromatic N) is 3. The van der Waals surface area contributed by atoms with Crippen LogP contribution in [0.15, 0.2) is 41.9 Å². The number of ether oxygens (including phenoxy) is 1. The molecule has 3 aromatic rings. The third-order valence-corrected chi connectivity index (χ3v) is 6.07. The van der Waals surface area contributed by atoms with E-state index in [4.69, 9.17) is 16.3 Å². The van der Waals surface area contributed by atoms with Gasteiger partial charge in [-0.15, -0.1) is 11.3 Å². The summed E-state index contributed by atoms with van der Waals surface area (Å²) in [4.78, 5) is 14.7. The fourth-order valence-corrected chi connectivity index (χ4v) is 4.46. The Morgan fingerprint density at radius 3 is 2.87 bits per heavy atom. The maximum atomic E-state index is 13.2. The Labute approximate surface area is 179 Å². The highest BCUT2D eigenvalue weighted by Crippen LogP contribution is 2.39. The quantitative estimate of drug-likeness (QED) is 0.511. The van der Waals surface area contributed by atoms with Crippen LogP contribution in [-0.2, 0) is 6.61 Å². The number of hydrogen-bond acceptors (Lipinski definition) is 4. The zero-order valence-electron chi connectivity index (χ0n) is 15.8. The maximum absolute atomic E-state index is 13.2. The van der Waals surface area contributed by atoms with Crippen LogP contribution in [-0.4, -0.2) is 28.4 Å². The molecule has 0 saturated carbocycles. The molecule has 0 N–H and O–H groups in total. The summed E-state index contributed by atoms with van der Waals surface area (Å²) in [5.41, 5.74) is 1.70. The number of fused-ring (bicyclic) bond motifs is 1. The predicted octanol–water partition coefficient (Wildman–Crippen LogP) is 5.64. The molecule has 4 rings (SSSR count). The van der Waals surface area contributed by atoms with Crippen molar-refractivity contribution >= 4 is 34.7 Å². The van der Waals surface area contributed by atoms with Gasteiger partial charge < -0.3 is 4.74 Å². The molecule has 1 atom stereocenters. The molecule has 0 saturated heterocycles. The summed E-state index contributed by atoms with van der Waals surface area (Å²) < 4.78 is 46.4. The molecule has 1 aliphatic heterocycles. The van der Waals surface area contributed by atoms with Gasteiger partial charge in [0.1, 0.15) is 18.2 Å². The van der Waals surface area contributed by atoms with Gasteiger partial charge in [-0.2, -0.15) is 18.3 Å². The van der Waals surface area contributed by atoms with Crippen LogP contribution >= 0.6 is 22.9 Å². The second-order valence-electron chi connectivity index (χ2n) is 6.95. The first-order valence-electron chi connectivity index (χ1n) is 9.12. The summed E-state index contributed by atoms with van der Waals surface area (Å²) in [6.45, 7) is 2.13. The molecule has 158 valence electrons. The molecule has 0 aliphatic carbocycles. The summed E-state index contributed by atoms with van der Waals surface area (Å²) in [6, 6.07) is 6.72. The average molecular weight is 456 g/mol. The van der Waals surface area contributed by atoms with Crippen molar-refractivity contribution < 1.29 is 22.7 Å². The lowest BCUT2D eigenvalue weighted by atomic mass is 10.1. The highest BCUT2D eigenvalue weighted by Gasteiger charge is 2.45. The fraction of sp³-hybridized carbons (Fsp3) is 0.300. The lowest BCUT2D eigenvalue weighted by molar-refractivity contribution is -0.172. The van der Waals surface area contributed by atoms with Crippen molar-refractivity contribution in [3.8, 4) is 5.75 Å². The summed E-state index contributed by atoms with van der Waals surface area (Å²) >= 11 is 7.18. The number of rotatable bonds is 4. The minimum absolute atomic E-state index is 0.0254. The van der Waals surface area contributed by atoms with E-state index in [1.165, 1.54) is 28.5 Å². The minimum Gasteiger partial charge on any atom is -0.489 e. The first kappa shape index (κ1) is 20.7. The van der Waals surface area contributed by atoms with Gasteiger partial charge in [0.15, 0.2) is 6.04 Å². The number of aromatic nitrogens is 2. The number of aryl methyl sites for hydroxylation is 1. The van der Waals surface area contributed by atoms with Crippen molar-refractivity contribution in [2.24, 2.45) is 0 Å². The van der Waals surface area contributed by atoms with E-state index in [1.54, 1.807) is 29.6 Å². The van der Waals surface area contributed by atoms with Crippen molar-refractivity contribution in [3.05, 3.63) is 62.9 Å². The van der Waals surface area contributed by atoms with Crippen molar-refractivity contribution in [2.45, 2.75) is 32.2 Å². The average Bonchev–Trinajstić information content (AvgIpc) is 3.35. The topological polar surface area (TPSA) is 47.4 Å². The van der Waals surface area contributed by atoms with E-state index in [1.807, 2.05) is 6.92 Å². The largest absolute Gasteiger partial charge is 0.489 e. The third kappa shape index (κ3) is 4.04. The first-order chi connectivity index (χ1) is 14.2. The summed E-state index contributed by atoms with van der Waals surface area (Å²) in [7, 11) is 0. The highest BCUT2D eigenvalue weighted by molar-refractivity contribution is 7.12. The zero-order valence-corrected chi connectivity index (χ0v) is 17.4. The van der Waals surface area contributed by atoms with Gasteiger partial charge >= 0.3 is 6.18 Å². The normalized spacial score (nSPS) is 16.4. The van der Waals surface area contributed by atoms with Gasteiger partial charge in [-0.05, 0) is 48.6 Å². The molecule has 1 unspecified atom stereocenters. The minimum atomic E-state index is -4.41. The first-order valence-corrected chi connectivity index (χ1v) is 10.4. The molecule has 0 fully saturated rings. The van der Waals surface area contributed by atoms with Crippen molar-refractivity contribution in [1.82, 2.24) is 9.78 Å². The molecular formula is C20H17ClF3N3O2S. The number of anilines is 1. The van der Waals surface area contributed by atoms with E-state index < -0.39 is 12.2 Å². The molecule has 3 heterocycles. The van der Waals surface area contributed by atoms with Crippen LogP contribution in [0.5, 0.6) is 5.75 Å².